The van der Waals surface area contributed by atoms with Crippen LogP contribution in [-0.4, -0.2) is 23.9 Å². The summed E-state index contributed by atoms with van der Waals surface area (Å²) in [6.07, 6.45) is 3.04. The average molecular weight is 252 g/mol. The van der Waals surface area contributed by atoms with E-state index in [-0.39, 0.29) is 11.9 Å². The summed E-state index contributed by atoms with van der Waals surface area (Å²) in [4.78, 5) is 14.4. The van der Waals surface area contributed by atoms with Gasteiger partial charge in [-0.2, -0.15) is 5.26 Å². The zero-order valence-corrected chi connectivity index (χ0v) is 12.8. The Morgan fingerprint density at radius 1 is 1.22 bits per heavy atom. The number of hydrogen-bond acceptors (Lipinski definition) is 2. The molecule has 3 nitrogen and oxygen atoms in total. The Kier molecular flexibility index (Phi) is 6.98. The van der Waals surface area contributed by atoms with Crippen LogP contribution in [0.1, 0.15) is 60.3 Å². The molecule has 3 heteroatoms. The molecule has 0 saturated heterocycles. The van der Waals surface area contributed by atoms with E-state index in [1.807, 2.05) is 27.8 Å². The molecule has 0 aliphatic carbocycles. The first-order valence-corrected chi connectivity index (χ1v) is 7.04. The van der Waals surface area contributed by atoms with Crippen molar-refractivity contribution in [3.05, 3.63) is 0 Å². The summed E-state index contributed by atoms with van der Waals surface area (Å²) in [5, 5.41) is 9.48. The second kappa shape index (κ2) is 7.41. The Balaban J connectivity index is 5.13. The number of carbonyl (C=O) groups excluding carboxylic acids is 1. The third kappa shape index (κ3) is 3.73. The van der Waals surface area contributed by atoms with E-state index in [1.165, 1.54) is 0 Å². The van der Waals surface area contributed by atoms with E-state index in [9.17, 15) is 10.1 Å². The molecular formula is C15H28N2O. The zero-order valence-electron chi connectivity index (χ0n) is 12.8. The minimum Gasteiger partial charge on any atom is -0.341 e. The van der Waals surface area contributed by atoms with E-state index in [4.69, 9.17) is 0 Å². The normalized spacial score (nSPS) is 13.2. The summed E-state index contributed by atoms with van der Waals surface area (Å²) in [6, 6.07) is 2.47. The second-order valence-corrected chi connectivity index (χ2v) is 5.59. The molecule has 0 aromatic rings. The van der Waals surface area contributed by atoms with Gasteiger partial charge in [-0.1, -0.05) is 40.5 Å². The fourth-order valence-corrected chi connectivity index (χ4v) is 2.32. The molecule has 0 heterocycles. The maximum absolute atomic E-state index is 12.6. The highest BCUT2D eigenvalue weighted by Crippen LogP contribution is 2.32. The lowest BCUT2D eigenvalue weighted by atomic mass is 9.79. The molecule has 0 aromatic heterocycles. The molecule has 18 heavy (non-hydrogen) atoms. The third-order valence-electron chi connectivity index (χ3n) is 3.87. The molecule has 0 N–H and O–H groups in total. The number of amides is 1. The van der Waals surface area contributed by atoms with E-state index in [1.54, 1.807) is 4.90 Å². The van der Waals surface area contributed by atoms with Crippen molar-refractivity contribution in [3.63, 3.8) is 0 Å². The van der Waals surface area contributed by atoms with Gasteiger partial charge in [0.25, 0.3) is 0 Å². The van der Waals surface area contributed by atoms with E-state index >= 15 is 0 Å². The lowest BCUT2D eigenvalue weighted by molar-refractivity contribution is -0.141. The third-order valence-corrected chi connectivity index (χ3v) is 3.87. The number of carbonyl (C=O) groups is 1. The van der Waals surface area contributed by atoms with E-state index < -0.39 is 5.41 Å². The Morgan fingerprint density at radius 2 is 1.67 bits per heavy atom. The minimum absolute atomic E-state index is 0.00472. The van der Waals surface area contributed by atoms with Gasteiger partial charge in [-0.3, -0.25) is 4.79 Å². The van der Waals surface area contributed by atoms with Crippen LogP contribution >= 0.6 is 0 Å². The summed E-state index contributed by atoms with van der Waals surface area (Å²) < 4.78 is 0. The van der Waals surface area contributed by atoms with Gasteiger partial charge in [0.05, 0.1) is 6.07 Å². The van der Waals surface area contributed by atoms with Crippen LogP contribution in [0.3, 0.4) is 0 Å². The maximum atomic E-state index is 12.6. The molecule has 104 valence electrons. The van der Waals surface area contributed by atoms with E-state index in [0.717, 1.165) is 12.8 Å². The Bertz CT molecular complexity index is 298. The number of nitriles is 1. The van der Waals surface area contributed by atoms with Crippen LogP contribution in [0.4, 0.5) is 0 Å². The van der Waals surface area contributed by atoms with Gasteiger partial charge in [0.15, 0.2) is 0 Å². The van der Waals surface area contributed by atoms with Crippen molar-refractivity contribution in [3.8, 4) is 6.07 Å². The van der Waals surface area contributed by atoms with Gasteiger partial charge in [0.2, 0.25) is 5.91 Å². The van der Waals surface area contributed by atoms with Gasteiger partial charge in [-0.15, -0.1) is 0 Å². The predicted octanol–water partition coefficient (Wildman–Crippen LogP) is 3.60. The molecule has 1 atom stereocenters. The molecule has 0 rings (SSSR count). The van der Waals surface area contributed by atoms with Crippen molar-refractivity contribution < 1.29 is 4.79 Å². The molecule has 1 unspecified atom stereocenters. The SMILES string of the molecule is CCCC(C#N)(CCC)C(=O)N(C)C(C)C(C)C. The molecule has 0 fully saturated rings. The molecule has 0 aliphatic heterocycles. The standard InChI is InChI=1S/C15H28N2O/c1-7-9-15(11-16,10-8-2)14(18)17(6)13(5)12(3)4/h12-13H,7-10H2,1-6H3. The summed E-state index contributed by atoms with van der Waals surface area (Å²) in [6.45, 7) is 10.3. The number of hydrogen-bond donors (Lipinski definition) is 0. The fourth-order valence-electron chi connectivity index (χ4n) is 2.32. The van der Waals surface area contributed by atoms with Crippen molar-refractivity contribution in [2.45, 2.75) is 66.3 Å². The highest BCUT2D eigenvalue weighted by Gasteiger charge is 2.40. The van der Waals surface area contributed by atoms with E-state index in [2.05, 4.69) is 19.9 Å². The predicted molar refractivity (Wildman–Crippen MR) is 74.9 cm³/mol. The van der Waals surface area contributed by atoms with Gasteiger partial charge in [-0.25, -0.2) is 0 Å². The lowest BCUT2D eigenvalue weighted by Gasteiger charge is -2.35. The van der Waals surface area contributed by atoms with Crippen molar-refractivity contribution in [2.75, 3.05) is 7.05 Å². The van der Waals surface area contributed by atoms with Gasteiger partial charge in [0.1, 0.15) is 5.41 Å². The van der Waals surface area contributed by atoms with Crippen molar-refractivity contribution >= 4 is 5.91 Å². The Morgan fingerprint density at radius 3 is 1.94 bits per heavy atom. The van der Waals surface area contributed by atoms with Crippen molar-refractivity contribution in [1.82, 2.24) is 4.90 Å². The molecule has 0 saturated carbocycles. The van der Waals surface area contributed by atoms with Gasteiger partial charge in [0, 0.05) is 13.1 Å². The van der Waals surface area contributed by atoms with E-state index in [0.29, 0.717) is 18.8 Å². The topological polar surface area (TPSA) is 44.1 Å². The van der Waals surface area contributed by atoms with Gasteiger partial charge < -0.3 is 4.90 Å². The number of rotatable bonds is 7. The quantitative estimate of drug-likeness (QED) is 0.695. The van der Waals surface area contributed by atoms with Gasteiger partial charge in [-0.05, 0) is 25.7 Å². The van der Waals surface area contributed by atoms with Crippen LogP contribution in [0, 0.1) is 22.7 Å². The molecule has 0 aromatic carbocycles. The van der Waals surface area contributed by atoms with Crippen molar-refractivity contribution in [2.24, 2.45) is 11.3 Å². The second-order valence-electron chi connectivity index (χ2n) is 5.59. The monoisotopic (exact) mass is 252 g/mol. The first-order valence-electron chi connectivity index (χ1n) is 7.04. The van der Waals surface area contributed by atoms with Crippen LogP contribution in [0.25, 0.3) is 0 Å². The largest absolute Gasteiger partial charge is 0.341 e. The number of nitrogens with zero attached hydrogens (tertiary/aromatic N) is 2. The van der Waals surface area contributed by atoms with Crippen LogP contribution in [0.2, 0.25) is 0 Å². The summed E-state index contributed by atoms with van der Waals surface area (Å²) in [7, 11) is 1.82. The molecule has 0 bridgehead atoms. The highest BCUT2D eigenvalue weighted by molar-refractivity contribution is 5.85. The van der Waals surface area contributed by atoms with Crippen molar-refractivity contribution in [1.29, 1.82) is 5.26 Å². The lowest BCUT2D eigenvalue weighted by Crippen LogP contribution is -2.47. The Labute approximate surface area is 112 Å². The highest BCUT2D eigenvalue weighted by atomic mass is 16.2. The fraction of sp³-hybridized carbons (Fsp3) is 0.867. The van der Waals surface area contributed by atoms with Crippen LogP contribution < -0.4 is 0 Å². The summed E-state index contributed by atoms with van der Waals surface area (Å²) >= 11 is 0. The minimum atomic E-state index is -0.818. The Hall–Kier alpha value is -1.04. The summed E-state index contributed by atoms with van der Waals surface area (Å²) in [5.74, 6) is 0.397. The molecule has 0 radical (unpaired) electrons. The molecule has 0 aliphatic rings. The first kappa shape index (κ1) is 17.0. The van der Waals surface area contributed by atoms with Crippen LogP contribution in [0.5, 0.6) is 0 Å². The average Bonchev–Trinajstić information content (AvgIpc) is 2.35. The van der Waals surface area contributed by atoms with Crippen LogP contribution in [-0.2, 0) is 4.79 Å². The van der Waals surface area contributed by atoms with Gasteiger partial charge >= 0.3 is 0 Å². The molecule has 1 amide bonds. The van der Waals surface area contributed by atoms with Crippen LogP contribution in [0.15, 0.2) is 0 Å². The first-order chi connectivity index (χ1) is 8.36. The maximum Gasteiger partial charge on any atom is 0.243 e. The summed E-state index contributed by atoms with van der Waals surface area (Å²) in [5.41, 5.74) is -0.818. The smallest absolute Gasteiger partial charge is 0.243 e. The molecular weight excluding hydrogens is 224 g/mol. The zero-order chi connectivity index (χ0) is 14.3. The molecule has 0 spiro atoms.